The number of benzene rings is 2. The first-order chi connectivity index (χ1) is 15.3. The molecule has 0 saturated carbocycles. The van der Waals surface area contributed by atoms with Gasteiger partial charge in [0, 0.05) is 11.8 Å². The number of carbonyl (C=O) groups is 2. The maximum absolute atomic E-state index is 13.1. The smallest absolute Gasteiger partial charge is 0.426 e. The predicted molar refractivity (Wildman–Crippen MR) is 125 cm³/mol. The van der Waals surface area contributed by atoms with Crippen LogP contribution in [0.5, 0.6) is 0 Å². The zero-order chi connectivity index (χ0) is 23.1. The van der Waals surface area contributed by atoms with Gasteiger partial charge in [0.15, 0.2) is 0 Å². The standard InChI is InChI=1S/C24H28BN3O4/c1-16(2)14-22(25(31)32)28-24(30)21(15-17-8-4-3-5-9-17)27-23(29)20-13-12-18-10-6-7-11-19(18)26-20/h3-13,16,21-22,31-32H,14-15H2,1-2H3,(H,27,29)(H,28,30)/t21-,22-/m0/s1. The number of hydrogen-bond acceptors (Lipinski definition) is 5. The molecule has 0 aliphatic heterocycles. The zero-order valence-corrected chi connectivity index (χ0v) is 18.2. The number of rotatable bonds is 9. The number of aromatic nitrogens is 1. The Morgan fingerprint density at radius 2 is 1.62 bits per heavy atom. The van der Waals surface area contributed by atoms with Gasteiger partial charge in [-0.2, -0.15) is 0 Å². The van der Waals surface area contributed by atoms with Gasteiger partial charge in [0.25, 0.3) is 5.91 Å². The Bertz CT molecular complexity index is 1060. The van der Waals surface area contributed by atoms with Crippen LogP contribution < -0.4 is 10.6 Å². The van der Waals surface area contributed by atoms with Gasteiger partial charge in [-0.05, 0) is 30.0 Å². The molecule has 0 fully saturated rings. The van der Waals surface area contributed by atoms with Gasteiger partial charge in [-0.25, -0.2) is 4.98 Å². The highest BCUT2D eigenvalue weighted by atomic mass is 16.4. The number of pyridine rings is 1. The lowest BCUT2D eigenvalue weighted by Gasteiger charge is -2.24. The SMILES string of the molecule is CC(C)C[C@H](NC(=O)[C@H](Cc1ccccc1)NC(=O)c1ccc2ccccc2n1)B(O)O. The largest absolute Gasteiger partial charge is 0.475 e. The molecule has 2 atom stereocenters. The van der Waals surface area contributed by atoms with E-state index in [2.05, 4.69) is 15.6 Å². The van der Waals surface area contributed by atoms with Crippen LogP contribution in [-0.2, 0) is 11.2 Å². The Hall–Kier alpha value is -3.23. The fourth-order valence-electron chi connectivity index (χ4n) is 3.53. The lowest BCUT2D eigenvalue weighted by atomic mass is 9.75. The van der Waals surface area contributed by atoms with E-state index in [1.165, 1.54) is 0 Å². The molecule has 4 N–H and O–H groups in total. The van der Waals surface area contributed by atoms with Crippen LogP contribution in [0.3, 0.4) is 0 Å². The van der Waals surface area contributed by atoms with E-state index in [0.29, 0.717) is 11.9 Å². The second-order valence-electron chi connectivity index (χ2n) is 8.26. The molecule has 0 bridgehead atoms. The Labute approximate surface area is 188 Å². The van der Waals surface area contributed by atoms with E-state index in [9.17, 15) is 19.6 Å². The van der Waals surface area contributed by atoms with Gasteiger partial charge in [0.2, 0.25) is 5.91 Å². The summed E-state index contributed by atoms with van der Waals surface area (Å²) in [5, 5.41) is 25.7. The molecule has 32 heavy (non-hydrogen) atoms. The van der Waals surface area contributed by atoms with E-state index in [-0.39, 0.29) is 18.0 Å². The van der Waals surface area contributed by atoms with Crippen LogP contribution in [0.4, 0.5) is 0 Å². The van der Waals surface area contributed by atoms with Crippen molar-refractivity contribution < 1.29 is 19.6 Å². The molecular formula is C24H28BN3O4. The predicted octanol–water partition coefficient (Wildman–Crippen LogP) is 2.12. The van der Waals surface area contributed by atoms with E-state index in [0.717, 1.165) is 10.9 Å². The molecule has 2 amide bonds. The molecule has 0 radical (unpaired) electrons. The molecule has 3 rings (SSSR count). The normalized spacial score (nSPS) is 12.9. The van der Waals surface area contributed by atoms with Crippen LogP contribution in [-0.4, -0.2) is 45.9 Å². The number of carbonyl (C=O) groups excluding carboxylic acids is 2. The fraction of sp³-hybridized carbons (Fsp3) is 0.292. The Balaban J connectivity index is 1.81. The van der Waals surface area contributed by atoms with Crippen molar-refractivity contribution in [1.29, 1.82) is 0 Å². The molecular weight excluding hydrogens is 405 g/mol. The second kappa shape index (κ2) is 10.9. The molecule has 0 saturated heterocycles. The first-order valence-electron chi connectivity index (χ1n) is 10.7. The van der Waals surface area contributed by atoms with Gasteiger partial charge in [0.05, 0.1) is 11.5 Å². The molecule has 0 aliphatic carbocycles. The average molecular weight is 433 g/mol. The zero-order valence-electron chi connectivity index (χ0n) is 18.2. The van der Waals surface area contributed by atoms with E-state index in [1.54, 1.807) is 6.07 Å². The third-order valence-corrected chi connectivity index (χ3v) is 5.15. The molecule has 7 nitrogen and oxygen atoms in total. The van der Waals surface area contributed by atoms with E-state index in [4.69, 9.17) is 0 Å². The van der Waals surface area contributed by atoms with E-state index >= 15 is 0 Å². The van der Waals surface area contributed by atoms with Gasteiger partial charge < -0.3 is 20.7 Å². The average Bonchev–Trinajstić information content (AvgIpc) is 2.78. The molecule has 166 valence electrons. The van der Waals surface area contributed by atoms with Crippen LogP contribution in [0.1, 0.15) is 36.3 Å². The summed E-state index contributed by atoms with van der Waals surface area (Å²) in [6, 6.07) is 19.3. The van der Waals surface area contributed by atoms with Gasteiger partial charge in [-0.3, -0.25) is 9.59 Å². The van der Waals surface area contributed by atoms with Gasteiger partial charge in [-0.1, -0.05) is 68.4 Å². The van der Waals surface area contributed by atoms with E-state index in [1.807, 2.05) is 74.5 Å². The number of amides is 2. The minimum absolute atomic E-state index is 0.145. The maximum Gasteiger partial charge on any atom is 0.475 e. The van der Waals surface area contributed by atoms with Gasteiger partial charge in [-0.15, -0.1) is 0 Å². The quantitative estimate of drug-likeness (QED) is 0.387. The summed E-state index contributed by atoms with van der Waals surface area (Å²) in [7, 11) is -1.70. The lowest BCUT2D eigenvalue weighted by molar-refractivity contribution is -0.123. The van der Waals surface area contributed by atoms with Crippen molar-refractivity contribution in [3.05, 3.63) is 78.0 Å². The Kier molecular flexibility index (Phi) is 7.97. The van der Waals surface area contributed by atoms with Crippen molar-refractivity contribution in [2.45, 2.75) is 38.7 Å². The van der Waals surface area contributed by atoms with Crippen molar-refractivity contribution in [2.75, 3.05) is 0 Å². The third kappa shape index (κ3) is 6.39. The number of hydrogen-bond donors (Lipinski definition) is 4. The molecule has 3 aromatic rings. The van der Waals surface area contributed by atoms with Crippen molar-refractivity contribution in [3.63, 3.8) is 0 Å². The van der Waals surface area contributed by atoms with Crippen LogP contribution in [0, 0.1) is 5.92 Å². The molecule has 2 aromatic carbocycles. The molecule has 8 heteroatoms. The highest BCUT2D eigenvalue weighted by Gasteiger charge is 2.30. The van der Waals surface area contributed by atoms with Crippen LogP contribution in [0.15, 0.2) is 66.7 Å². The second-order valence-corrected chi connectivity index (χ2v) is 8.26. The molecule has 1 heterocycles. The van der Waals surface area contributed by atoms with Gasteiger partial charge in [0.1, 0.15) is 11.7 Å². The van der Waals surface area contributed by atoms with Crippen LogP contribution in [0.25, 0.3) is 10.9 Å². The Morgan fingerprint density at radius 1 is 0.938 bits per heavy atom. The molecule has 0 aliphatic rings. The first-order valence-corrected chi connectivity index (χ1v) is 10.7. The third-order valence-electron chi connectivity index (χ3n) is 5.15. The minimum Gasteiger partial charge on any atom is -0.426 e. The van der Waals surface area contributed by atoms with Crippen LogP contribution >= 0.6 is 0 Å². The monoisotopic (exact) mass is 433 g/mol. The summed E-state index contributed by atoms with van der Waals surface area (Å²) in [5.41, 5.74) is 1.75. The highest BCUT2D eigenvalue weighted by Crippen LogP contribution is 2.13. The van der Waals surface area contributed by atoms with Crippen molar-refractivity contribution in [3.8, 4) is 0 Å². The highest BCUT2D eigenvalue weighted by molar-refractivity contribution is 6.43. The summed E-state index contributed by atoms with van der Waals surface area (Å²) < 4.78 is 0. The number of fused-ring (bicyclic) bond motifs is 1. The molecule has 1 aromatic heterocycles. The van der Waals surface area contributed by atoms with Crippen LogP contribution in [0.2, 0.25) is 0 Å². The maximum atomic E-state index is 13.1. The topological polar surface area (TPSA) is 112 Å². The molecule has 0 spiro atoms. The summed E-state index contributed by atoms with van der Waals surface area (Å²) in [4.78, 5) is 30.4. The number of para-hydroxylation sites is 1. The minimum atomic E-state index is -1.70. The molecule has 0 unspecified atom stereocenters. The first kappa shape index (κ1) is 23.4. The Morgan fingerprint density at radius 3 is 2.31 bits per heavy atom. The van der Waals surface area contributed by atoms with Gasteiger partial charge >= 0.3 is 7.12 Å². The van der Waals surface area contributed by atoms with Crippen molar-refractivity contribution in [2.24, 2.45) is 5.92 Å². The van der Waals surface area contributed by atoms with E-state index < -0.39 is 30.9 Å². The van der Waals surface area contributed by atoms with Crippen molar-refractivity contribution >= 4 is 29.8 Å². The lowest BCUT2D eigenvalue weighted by Crippen LogP contribution is -2.55. The summed E-state index contributed by atoms with van der Waals surface area (Å²) in [6.45, 7) is 3.85. The summed E-state index contributed by atoms with van der Waals surface area (Å²) >= 11 is 0. The summed E-state index contributed by atoms with van der Waals surface area (Å²) in [6.07, 6.45) is 0.642. The summed E-state index contributed by atoms with van der Waals surface area (Å²) in [5.74, 6) is -1.65. The van der Waals surface area contributed by atoms with Crippen molar-refractivity contribution in [1.82, 2.24) is 15.6 Å². The number of nitrogens with one attached hydrogen (secondary N) is 2. The fourth-order valence-corrected chi connectivity index (χ4v) is 3.53. The number of nitrogens with zero attached hydrogens (tertiary/aromatic N) is 1.